The van der Waals surface area contributed by atoms with Gasteiger partial charge in [0.15, 0.2) is 0 Å². The Bertz CT molecular complexity index is 697. The van der Waals surface area contributed by atoms with Gasteiger partial charge in [-0.05, 0) is 24.6 Å². The zero-order valence-electron chi connectivity index (χ0n) is 13.8. The van der Waals surface area contributed by atoms with Crippen molar-refractivity contribution in [3.05, 3.63) is 47.5 Å². The molecule has 0 aromatic heterocycles. The first-order chi connectivity index (χ1) is 11.1. The van der Waals surface area contributed by atoms with Crippen LogP contribution >= 0.6 is 0 Å². The Labute approximate surface area is 136 Å². The zero-order chi connectivity index (χ0) is 16.8. The first-order valence-electron chi connectivity index (χ1n) is 7.23. The van der Waals surface area contributed by atoms with Gasteiger partial charge < -0.3 is 19.5 Å². The van der Waals surface area contributed by atoms with Crippen LogP contribution in [0.15, 0.2) is 36.4 Å². The van der Waals surface area contributed by atoms with Crippen LogP contribution in [0.2, 0.25) is 0 Å². The van der Waals surface area contributed by atoms with E-state index in [0.29, 0.717) is 22.9 Å². The molecule has 0 aliphatic heterocycles. The number of rotatable bonds is 6. The van der Waals surface area contributed by atoms with Crippen molar-refractivity contribution in [1.82, 2.24) is 0 Å². The molecule has 2 aromatic carbocycles. The summed E-state index contributed by atoms with van der Waals surface area (Å²) in [6.45, 7) is 1.92. The lowest BCUT2D eigenvalue weighted by molar-refractivity contribution is -0.115. The predicted molar refractivity (Wildman–Crippen MR) is 89.6 cm³/mol. The lowest BCUT2D eigenvalue weighted by Gasteiger charge is -2.14. The van der Waals surface area contributed by atoms with Crippen molar-refractivity contribution in [1.29, 1.82) is 0 Å². The summed E-state index contributed by atoms with van der Waals surface area (Å²) in [6.07, 6.45) is 0.212. The quantitative estimate of drug-likeness (QED) is 0.889. The van der Waals surface area contributed by atoms with E-state index in [1.54, 1.807) is 27.4 Å². The Hall–Kier alpha value is -2.69. The number of amides is 1. The highest BCUT2D eigenvalue weighted by atomic mass is 16.5. The fourth-order valence-electron chi connectivity index (χ4n) is 2.36. The molecular weight excluding hydrogens is 294 g/mol. The number of hydrogen-bond donors (Lipinski definition) is 1. The Morgan fingerprint density at radius 3 is 2.26 bits per heavy atom. The van der Waals surface area contributed by atoms with Gasteiger partial charge in [0.2, 0.25) is 5.91 Å². The molecular formula is C18H21NO4. The number of aryl methyl sites for hydroxylation is 1. The largest absolute Gasteiger partial charge is 0.496 e. The van der Waals surface area contributed by atoms with Crippen LogP contribution in [0.25, 0.3) is 0 Å². The van der Waals surface area contributed by atoms with Crippen LogP contribution in [0.4, 0.5) is 5.69 Å². The summed E-state index contributed by atoms with van der Waals surface area (Å²) in [7, 11) is 4.75. The van der Waals surface area contributed by atoms with E-state index in [-0.39, 0.29) is 12.3 Å². The van der Waals surface area contributed by atoms with Gasteiger partial charge in [-0.1, -0.05) is 18.2 Å². The summed E-state index contributed by atoms with van der Waals surface area (Å²) in [4.78, 5) is 12.3. The van der Waals surface area contributed by atoms with Crippen molar-refractivity contribution in [2.24, 2.45) is 0 Å². The molecule has 0 saturated heterocycles. The highest BCUT2D eigenvalue weighted by Crippen LogP contribution is 2.32. The number of carbonyl (C=O) groups excluding carboxylic acids is 1. The van der Waals surface area contributed by atoms with Gasteiger partial charge in [0.1, 0.15) is 17.2 Å². The fraction of sp³-hybridized carbons (Fsp3) is 0.278. The van der Waals surface area contributed by atoms with Gasteiger partial charge in [0.05, 0.1) is 33.4 Å². The summed E-state index contributed by atoms with van der Waals surface area (Å²) < 4.78 is 15.9. The van der Waals surface area contributed by atoms with Crippen LogP contribution in [0.1, 0.15) is 11.1 Å². The third kappa shape index (κ3) is 3.94. The van der Waals surface area contributed by atoms with Crippen LogP contribution in [-0.4, -0.2) is 27.2 Å². The molecule has 0 radical (unpaired) electrons. The summed E-state index contributed by atoms with van der Waals surface area (Å²) in [5.41, 5.74) is 2.34. The number of para-hydroxylation sites is 1. The molecule has 0 atom stereocenters. The maximum Gasteiger partial charge on any atom is 0.229 e. The van der Waals surface area contributed by atoms with Crippen molar-refractivity contribution in [2.75, 3.05) is 26.6 Å². The maximum atomic E-state index is 12.3. The molecule has 0 heterocycles. The number of nitrogens with one attached hydrogen (secondary N) is 1. The van der Waals surface area contributed by atoms with Crippen molar-refractivity contribution in [2.45, 2.75) is 13.3 Å². The predicted octanol–water partition coefficient (Wildman–Crippen LogP) is 3.20. The molecule has 23 heavy (non-hydrogen) atoms. The van der Waals surface area contributed by atoms with E-state index in [2.05, 4.69) is 5.32 Å². The van der Waals surface area contributed by atoms with Crippen LogP contribution < -0.4 is 19.5 Å². The van der Waals surface area contributed by atoms with E-state index in [1.807, 2.05) is 37.3 Å². The average molecular weight is 315 g/mol. The molecule has 2 aromatic rings. The zero-order valence-corrected chi connectivity index (χ0v) is 13.8. The second-order valence-corrected chi connectivity index (χ2v) is 5.06. The van der Waals surface area contributed by atoms with Gasteiger partial charge in [-0.2, -0.15) is 0 Å². The number of methoxy groups -OCH3 is 3. The topological polar surface area (TPSA) is 56.8 Å². The van der Waals surface area contributed by atoms with Gasteiger partial charge in [-0.25, -0.2) is 0 Å². The summed E-state index contributed by atoms with van der Waals surface area (Å²) >= 11 is 0. The molecule has 122 valence electrons. The molecule has 1 amide bonds. The summed E-state index contributed by atoms with van der Waals surface area (Å²) in [5.74, 6) is 1.82. The lowest BCUT2D eigenvalue weighted by atomic mass is 10.1. The first kappa shape index (κ1) is 16.7. The van der Waals surface area contributed by atoms with E-state index in [9.17, 15) is 4.79 Å². The van der Waals surface area contributed by atoms with Gasteiger partial charge >= 0.3 is 0 Å². The van der Waals surface area contributed by atoms with Crippen molar-refractivity contribution < 1.29 is 19.0 Å². The maximum absolute atomic E-state index is 12.3. The third-order valence-corrected chi connectivity index (χ3v) is 3.53. The second-order valence-electron chi connectivity index (χ2n) is 5.06. The molecule has 5 nitrogen and oxygen atoms in total. The Balaban J connectivity index is 2.20. The number of benzene rings is 2. The average Bonchev–Trinajstić information content (AvgIpc) is 2.56. The summed E-state index contributed by atoms with van der Waals surface area (Å²) in [6, 6.07) is 11.0. The number of carbonyl (C=O) groups is 1. The minimum atomic E-state index is -0.154. The number of ether oxygens (including phenoxy) is 3. The molecule has 0 saturated carbocycles. The van der Waals surface area contributed by atoms with Crippen LogP contribution in [-0.2, 0) is 11.2 Å². The smallest absolute Gasteiger partial charge is 0.229 e. The van der Waals surface area contributed by atoms with Crippen LogP contribution in [0.3, 0.4) is 0 Å². The van der Waals surface area contributed by atoms with Crippen molar-refractivity contribution in [3.8, 4) is 17.2 Å². The highest BCUT2D eigenvalue weighted by Gasteiger charge is 2.13. The van der Waals surface area contributed by atoms with E-state index in [1.165, 1.54) is 0 Å². The van der Waals surface area contributed by atoms with Crippen LogP contribution in [0, 0.1) is 6.92 Å². The van der Waals surface area contributed by atoms with E-state index in [0.717, 1.165) is 11.1 Å². The van der Waals surface area contributed by atoms with E-state index >= 15 is 0 Å². The Kier molecular flexibility index (Phi) is 5.46. The molecule has 2 rings (SSSR count). The monoisotopic (exact) mass is 315 g/mol. The van der Waals surface area contributed by atoms with Crippen LogP contribution in [0.5, 0.6) is 17.2 Å². The highest BCUT2D eigenvalue weighted by molar-refractivity contribution is 5.94. The molecule has 5 heteroatoms. The molecule has 0 aliphatic rings. The first-order valence-corrected chi connectivity index (χ1v) is 7.23. The Morgan fingerprint density at radius 1 is 0.957 bits per heavy atom. The minimum absolute atomic E-state index is 0.154. The van der Waals surface area contributed by atoms with E-state index < -0.39 is 0 Å². The normalized spacial score (nSPS) is 10.1. The molecule has 0 bridgehead atoms. The summed E-state index contributed by atoms with van der Waals surface area (Å²) in [5, 5.41) is 2.86. The van der Waals surface area contributed by atoms with Gasteiger partial charge in [0.25, 0.3) is 0 Å². The lowest BCUT2D eigenvalue weighted by Crippen LogP contribution is -2.15. The van der Waals surface area contributed by atoms with Gasteiger partial charge in [-0.15, -0.1) is 0 Å². The minimum Gasteiger partial charge on any atom is -0.496 e. The van der Waals surface area contributed by atoms with E-state index in [4.69, 9.17) is 14.2 Å². The molecule has 0 unspecified atom stereocenters. The van der Waals surface area contributed by atoms with Crippen molar-refractivity contribution >= 4 is 11.6 Å². The Morgan fingerprint density at radius 2 is 1.61 bits per heavy atom. The second kappa shape index (κ2) is 7.54. The standard InChI is InChI=1S/C18H21NO4/c1-12-9-17(23-4)14(11-16(12)22-3)19-18(20)10-13-7-5-6-8-15(13)21-2/h5-9,11H,10H2,1-4H3,(H,19,20). The number of hydrogen-bond acceptors (Lipinski definition) is 4. The van der Waals surface area contributed by atoms with Gasteiger partial charge in [-0.3, -0.25) is 4.79 Å². The number of anilines is 1. The fourth-order valence-corrected chi connectivity index (χ4v) is 2.36. The third-order valence-electron chi connectivity index (χ3n) is 3.53. The molecule has 1 N–H and O–H groups in total. The molecule has 0 aliphatic carbocycles. The molecule has 0 spiro atoms. The SMILES string of the molecule is COc1cc(NC(=O)Cc2ccccc2OC)c(OC)cc1C. The van der Waals surface area contributed by atoms with Gasteiger partial charge in [0, 0.05) is 11.6 Å². The van der Waals surface area contributed by atoms with Crippen molar-refractivity contribution in [3.63, 3.8) is 0 Å². The molecule has 0 fully saturated rings.